The summed E-state index contributed by atoms with van der Waals surface area (Å²) < 4.78 is 0. The molecule has 1 saturated carbocycles. The lowest BCUT2D eigenvalue weighted by atomic mass is 9.95. The van der Waals surface area contributed by atoms with Gasteiger partial charge in [-0.05, 0) is 61.4 Å². The summed E-state index contributed by atoms with van der Waals surface area (Å²) in [6.45, 7) is 0. The third-order valence-electron chi connectivity index (χ3n) is 4.45. The fraction of sp³-hybridized carbons (Fsp3) is 0.300. The molecule has 0 saturated heterocycles. The summed E-state index contributed by atoms with van der Waals surface area (Å²) in [7, 11) is 0. The van der Waals surface area contributed by atoms with E-state index in [1.165, 1.54) is 19.3 Å². The van der Waals surface area contributed by atoms with E-state index in [4.69, 9.17) is 11.6 Å². The maximum atomic E-state index is 12.3. The van der Waals surface area contributed by atoms with E-state index in [1.54, 1.807) is 48.5 Å². The molecule has 0 unspecified atom stereocenters. The highest BCUT2D eigenvalue weighted by molar-refractivity contribution is 6.30. The number of amides is 2. The average molecular weight is 357 g/mol. The first kappa shape index (κ1) is 17.5. The SMILES string of the molecule is O=C(Nc1ccc(Cl)cc1)c1ccc(C(=O)NC2CCCCC2)cc1. The van der Waals surface area contributed by atoms with E-state index in [1.807, 2.05) is 0 Å². The van der Waals surface area contributed by atoms with Gasteiger partial charge in [-0.2, -0.15) is 0 Å². The topological polar surface area (TPSA) is 58.2 Å². The van der Waals surface area contributed by atoms with Crippen molar-refractivity contribution in [2.24, 2.45) is 0 Å². The van der Waals surface area contributed by atoms with Crippen LogP contribution < -0.4 is 10.6 Å². The molecular formula is C20H21ClN2O2. The number of rotatable bonds is 4. The van der Waals surface area contributed by atoms with Gasteiger partial charge in [0.05, 0.1) is 0 Å². The predicted molar refractivity (Wildman–Crippen MR) is 100 cm³/mol. The summed E-state index contributed by atoms with van der Waals surface area (Å²) in [5.74, 6) is -0.293. The zero-order valence-electron chi connectivity index (χ0n) is 13.9. The van der Waals surface area contributed by atoms with Crippen LogP contribution in [0.5, 0.6) is 0 Å². The van der Waals surface area contributed by atoms with Gasteiger partial charge in [0.1, 0.15) is 0 Å². The van der Waals surface area contributed by atoms with Crippen LogP contribution in [0, 0.1) is 0 Å². The highest BCUT2D eigenvalue weighted by atomic mass is 35.5. The molecule has 1 aliphatic rings. The van der Waals surface area contributed by atoms with Crippen molar-refractivity contribution in [2.45, 2.75) is 38.1 Å². The molecular weight excluding hydrogens is 336 g/mol. The van der Waals surface area contributed by atoms with Gasteiger partial charge in [-0.1, -0.05) is 30.9 Å². The Kier molecular flexibility index (Phi) is 5.71. The van der Waals surface area contributed by atoms with Crippen LogP contribution in [0.15, 0.2) is 48.5 Å². The van der Waals surface area contributed by atoms with Crippen LogP contribution in [-0.4, -0.2) is 17.9 Å². The average Bonchev–Trinajstić information content (AvgIpc) is 2.64. The molecule has 3 rings (SSSR count). The van der Waals surface area contributed by atoms with Crippen LogP contribution in [0.3, 0.4) is 0 Å². The molecule has 0 bridgehead atoms. The minimum atomic E-state index is -0.221. The molecule has 0 aromatic heterocycles. The highest BCUT2D eigenvalue weighted by Gasteiger charge is 2.17. The molecule has 2 aromatic rings. The van der Waals surface area contributed by atoms with Gasteiger partial charge in [0.2, 0.25) is 0 Å². The van der Waals surface area contributed by atoms with Crippen LogP contribution in [0.1, 0.15) is 52.8 Å². The Morgan fingerprint density at radius 3 is 1.96 bits per heavy atom. The molecule has 0 aliphatic heterocycles. The van der Waals surface area contributed by atoms with E-state index in [0.29, 0.717) is 21.8 Å². The van der Waals surface area contributed by atoms with Crippen LogP contribution in [0.4, 0.5) is 5.69 Å². The van der Waals surface area contributed by atoms with E-state index < -0.39 is 0 Å². The molecule has 2 N–H and O–H groups in total. The Bertz CT molecular complexity index is 735. The van der Waals surface area contributed by atoms with Crippen LogP contribution in [-0.2, 0) is 0 Å². The van der Waals surface area contributed by atoms with E-state index in [0.717, 1.165) is 12.8 Å². The van der Waals surface area contributed by atoms with E-state index in [2.05, 4.69) is 10.6 Å². The maximum absolute atomic E-state index is 12.3. The summed E-state index contributed by atoms with van der Waals surface area (Å²) in [5, 5.41) is 6.50. The molecule has 1 fully saturated rings. The molecule has 0 radical (unpaired) electrons. The molecule has 0 spiro atoms. The maximum Gasteiger partial charge on any atom is 0.255 e. The predicted octanol–water partition coefficient (Wildman–Crippen LogP) is 4.65. The fourth-order valence-corrected chi connectivity index (χ4v) is 3.15. The van der Waals surface area contributed by atoms with Crippen molar-refractivity contribution in [1.29, 1.82) is 0 Å². The first-order valence-electron chi connectivity index (χ1n) is 8.60. The molecule has 25 heavy (non-hydrogen) atoms. The Hall–Kier alpha value is -2.33. The van der Waals surface area contributed by atoms with Gasteiger partial charge in [0.15, 0.2) is 0 Å². The van der Waals surface area contributed by atoms with E-state index in [-0.39, 0.29) is 17.9 Å². The van der Waals surface area contributed by atoms with Crippen LogP contribution >= 0.6 is 11.6 Å². The number of halogens is 1. The second kappa shape index (κ2) is 8.17. The van der Waals surface area contributed by atoms with Gasteiger partial charge in [0.25, 0.3) is 11.8 Å². The van der Waals surface area contributed by atoms with E-state index in [9.17, 15) is 9.59 Å². The number of hydrogen-bond acceptors (Lipinski definition) is 2. The van der Waals surface area contributed by atoms with Gasteiger partial charge in [-0.3, -0.25) is 9.59 Å². The van der Waals surface area contributed by atoms with E-state index >= 15 is 0 Å². The second-order valence-corrected chi connectivity index (χ2v) is 6.78. The number of carbonyl (C=O) groups is 2. The minimum Gasteiger partial charge on any atom is -0.349 e. The molecule has 2 aromatic carbocycles. The largest absolute Gasteiger partial charge is 0.349 e. The zero-order chi connectivity index (χ0) is 17.6. The summed E-state index contributed by atoms with van der Waals surface area (Å²) in [6.07, 6.45) is 5.70. The Morgan fingerprint density at radius 2 is 1.36 bits per heavy atom. The van der Waals surface area contributed by atoms with Crippen LogP contribution in [0.25, 0.3) is 0 Å². The number of anilines is 1. The van der Waals surface area contributed by atoms with Gasteiger partial charge >= 0.3 is 0 Å². The number of hydrogen-bond donors (Lipinski definition) is 2. The van der Waals surface area contributed by atoms with Crippen molar-refractivity contribution in [3.05, 3.63) is 64.7 Å². The Morgan fingerprint density at radius 1 is 0.800 bits per heavy atom. The highest BCUT2D eigenvalue weighted by Crippen LogP contribution is 2.18. The van der Waals surface area contributed by atoms with Gasteiger partial charge < -0.3 is 10.6 Å². The van der Waals surface area contributed by atoms with Gasteiger partial charge in [-0.15, -0.1) is 0 Å². The van der Waals surface area contributed by atoms with Crippen molar-refractivity contribution < 1.29 is 9.59 Å². The molecule has 2 amide bonds. The Balaban J connectivity index is 1.59. The first-order valence-corrected chi connectivity index (χ1v) is 8.97. The molecule has 0 heterocycles. The monoisotopic (exact) mass is 356 g/mol. The molecule has 5 heteroatoms. The zero-order valence-corrected chi connectivity index (χ0v) is 14.7. The lowest BCUT2D eigenvalue weighted by Crippen LogP contribution is -2.36. The Labute approximate surface area is 152 Å². The lowest BCUT2D eigenvalue weighted by Gasteiger charge is -2.22. The van der Waals surface area contributed by atoms with Crippen molar-refractivity contribution in [3.63, 3.8) is 0 Å². The summed E-state index contributed by atoms with van der Waals surface area (Å²) in [5.41, 5.74) is 1.76. The normalized spacial score (nSPS) is 14.8. The lowest BCUT2D eigenvalue weighted by molar-refractivity contribution is 0.0926. The third-order valence-corrected chi connectivity index (χ3v) is 4.70. The second-order valence-electron chi connectivity index (χ2n) is 6.35. The van der Waals surface area contributed by atoms with Gasteiger partial charge in [0, 0.05) is 27.9 Å². The number of nitrogens with one attached hydrogen (secondary N) is 2. The summed E-state index contributed by atoms with van der Waals surface area (Å²) >= 11 is 5.83. The van der Waals surface area contributed by atoms with Crippen LogP contribution in [0.2, 0.25) is 5.02 Å². The van der Waals surface area contributed by atoms with Crippen molar-refractivity contribution in [2.75, 3.05) is 5.32 Å². The molecule has 130 valence electrons. The standard InChI is InChI=1S/C20H21ClN2O2/c21-16-10-12-18(13-11-16)23-20(25)15-8-6-14(7-9-15)19(24)22-17-4-2-1-3-5-17/h6-13,17H,1-5H2,(H,22,24)(H,23,25). The number of carbonyl (C=O) groups excluding carboxylic acids is 2. The van der Waals surface area contributed by atoms with Gasteiger partial charge in [-0.25, -0.2) is 0 Å². The molecule has 1 aliphatic carbocycles. The molecule has 4 nitrogen and oxygen atoms in total. The fourth-order valence-electron chi connectivity index (χ4n) is 3.03. The van der Waals surface area contributed by atoms with Crippen molar-refractivity contribution in [3.8, 4) is 0 Å². The first-order chi connectivity index (χ1) is 12.1. The summed E-state index contributed by atoms with van der Waals surface area (Å²) in [6, 6.07) is 13.9. The summed E-state index contributed by atoms with van der Waals surface area (Å²) in [4.78, 5) is 24.5. The smallest absolute Gasteiger partial charge is 0.255 e. The third kappa shape index (κ3) is 4.83. The van der Waals surface area contributed by atoms with Crippen molar-refractivity contribution in [1.82, 2.24) is 5.32 Å². The quantitative estimate of drug-likeness (QED) is 0.837. The van der Waals surface area contributed by atoms with Crippen molar-refractivity contribution >= 4 is 29.1 Å². The number of benzene rings is 2. The minimum absolute atomic E-state index is 0.0726. The molecule has 0 atom stereocenters.